The molecule has 0 saturated carbocycles. The summed E-state index contributed by atoms with van der Waals surface area (Å²) in [5.41, 5.74) is 0. The first-order chi connectivity index (χ1) is 11.7. The Labute approximate surface area is 143 Å². The van der Waals surface area contributed by atoms with Gasteiger partial charge in [0.15, 0.2) is 30.7 Å². The van der Waals surface area contributed by atoms with Crippen LogP contribution in [0.5, 0.6) is 0 Å². The van der Waals surface area contributed by atoms with Crippen LogP contribution in [-0.4, -0.2) is 66.3 Å². The van der Waals surface area contributed by atoms with E-state index in [1.165, 1.54) is 6.08 Å². The lowest BCUT2D eigenvalue weighted by molar-refractivity contribution is -0.290. The summed E-state index contributed by atoms with van der Waals surface area (Å²) in [6, 6.07) is 0. The molecular formula is C15H20O10. The number of aliphatic hydroxyl groups is 1. The SMILES string of the molecule is C=CCOC(=O)C1OC(O)C(OC(C)=O)[C@H](OC(C)=O)C1OC(C)=O. The standard InChI is InChI=1S/C15H20O10/c1-5-6-21-14(19)12-10(22-7(2)16)11(23-8(3)17)13(15(20)25-12)24-9(4)18/h5,10-13,15,20H,1,6H2,2-4H3/t10?,11-,12?,13?,15?/m1/s1. The van der Waals surface area contributed by atoms with Gasteiger partial charge in [0.2, 0.25) is 0 Å². The van der Waals surface area contributed by atoms with Crippen LogP contribution in [0.4, 0.5) is 0 Å². The van der Waals surface area contributed by atoms with Crippen LogP contribution in [0, 0.1) is 0 Å². The van der Waals surface area contributed by atoms with E-state index in [0.29, 0.717) is 0 Å². The van der Waals surface area contributed by atoms with Gasteiger partial charge in [-0.1, -0.05) is 12.7 Å². The van der Waals surface area contributed by atoms with Gasteiger partial charge >= 0.3 is 23.9 Å². The first-order valence-electron chi connectivity index (χ1n) is 7.30. The molecule has 1 aliphatic rings. The van der Waals surface area contributed by atoms with Gasteiger partial charge < -0.3 is 28.8 Å². The summed E-state index contributed by atoms with van der Waals surface area (Å²) in [6.45, 7) is 6.39. The molecule has 0 spiro atoms. The number of hydrogen-bond acceptors (Lipinski definition) is 10. The molecule has 25 heavy (non-hydrogen) atoms. The summed E-state index contributed by atoms with van der Waals surface area (Å²) in [5.74, 6) is -3.42. The highest BCUT2D eigenvalue weighted by atomic mass is 16.7. The van der Waals surface area contributed by atoms with Crippen LogP contribution in [0.15, 0.2) is 12.7 Å². The number of esters is 4. The minimum Gasteiger partial charge on any atom is -0.459 e. The molecule has 5 atom stereocenters. The van der Waals surface area contributed by atoms with Crippen LogP contribution in [0.2, 0.25) is 0 Å². The van der Waals surface area contributed by atoms with Crippen molar-refractivity contribution in [2.75, 3.05) is 6.61 Å². The van der Waals surface area contributed by atoms with Gasteiger partial charge in [-0.15, -0.1) is 0 Å². The van der Waals surface area contributed by atoms with Crippen molar-refractivity contribution >= 4 is 23.9 Å². The Kier molecular flexibility index (Phi) is 7.52. The highest BCUT2D eigenvalue weighted by Crippen LogP contribution is 2.28. The van der Waals surface area contributed by atoms with Gasteiger partial charge in [0, 0.05) is 20.8 Å². The zero-order valence-corrected chi connectivity index (χ0v) is 14.0. The lowest BCUT2D eigenvalue weighted by Gasteiger charge is -2.41. The van der Waals surface area contributed by atoms with Crippen LogP contribution in [0.3, 0.4) is 0 Å². The molecule has 1 heterocycles. The van der Waals surface area contributed by atoms with E-state index in [1.807, 2.05) is 0 Å². The van der Waals surface area contributed by atoms with E-state index in [1.54, 1.807) is 0 Å². The highest BCUT2D eigenvalue weighted by Gasteiger charge is 2.54. The van der Waals surface area contributed by atoms with Crippen molar-refractivity contribution in [2.45, 2.75) is 51.5 Å². The van der Waals surface area contributed by atoms with E-state index in [4.69, 9.17) is 23.7 Å². The van der Waals surface area contributed by atoms with E-state index >= 15 is 0 Å². The molecule has 0 radical (unpaired) electrons. The van der Waals surface area contributed by atoms with Crippen molar-refractivity contribution in [1.82, 2.24) is 0 Å². The molecule has 1 fully saturated rings. The van der Waals surface area contributed by atoms with Gasteiger partial charge in [-0.2, -0.15) is 0 Å². The van der Waals surface area contributed by atoms with Crippen molar-refractivity contribution in [3.05, 3.63) is 12.7 Å². The van der Waals surface area contributed by atoms with Gasteiger partial charge in [-0.05, 0) is 0 Å². The Morgan fingerprint density at radius 3 is 1.92 bits per heavy atom. The molecule has 4 unspecified atom stereocenters. The largest absolute Gasteiger partial charge is 0.459 e. The topological polar surface area (TPSA) is 135 Å². The molecule has 0 bridgehead atoms. The summed E-state index contributed by atoms with van der Waals surface area (Å²) in [6.07, 6.45) is -6.60. The lowest BCUT2D eigenvalue weighted by atomic mass is 9.98. The van der Waals surface area contributed by atoms with Gasteiger partial charge in [-0.3, -0.25) is 14.4 Å². The molecule has 1 saturated heterocycles. The Morgan fingerprint density at radius 1 is 0.960 bits per heavy atom. The summed E-state index contributed by atoms with van der Waals surface area (Å²) in [7, 11) is 0. The second kappa shape index (κ2) is 9.14. The Balaban J connectivity index is 3.19. The van der Waals surface area contributed by atoms with Gasteiger partial charge in [0.1, 0.15) is 6.61 Å². The number of carbonyl (C=O) groups is 4. The monoisotopic (exact) mass is 360 g/mol. The lowest BCUT2D eigenvalue weighted by Crippen LogP contribution is -2.63. The summed E-state index contributed by atoms with van der Waals surface area (Å²) < 4.78 is 24.8. The quantitative estimate of drug-likeness (QED) is 0.365. The van der Waals surface area contributed by atoms with Crippen molar-refractivity contribution < 1.29 is 48.0 Å². The maximum atomic E-state index is 12.1. The van der Waals surface area contributed by atoms with Gasteiger partial charge in [0.25, 0.3) is 0 Å². The molecule has 10 nitrogen and oxygen atoms in total. The average Bonchev–Trinajstić information content (AvgIpc) is 2.49. The third-order valence-corrected chi connectivity index (χ3v) is 2.99. The molecule has 10 heteroatoms. The van der Waals surface area contributed by atoms with E-state index in [2.05, 4.69) is 6.58 Å². The summed E-state index contributed by atoms with van der Waals surface area (Å²) in [4.78, 5) is 46.1. The fourth-order valence-electron chi connectivity index (χ4n) is 2.20. The third-order valence-electron chi connectivity index (χ3n) is 2.99. The van der Waals surface area contributed by atoms with Crippen LogP contribution < -0.4 is 0 Å². The zero-order valence-electron chi connectivity index (χ0n) is 14.0. The molecule has 0 aromatic rings. The maximum Gasteiger partial charge on any atom is 0.339 e. The van der Waals surface area contributed by atoms with Crippen LogP contribution in [0.1, 0.15) is 20.8 Å². The van der Waals surface area contributed by atoms with Crippen molar-refractivity contribution in [3.8, 4) is 0 Å². The predicted molar refractivity (Wildman–Crippen MR) is 78.7 cm³/mol. The second-order valence-corrected chi connectivity index (χ2v) is 5.09. The van der Waals surface area contributed by atoms with Crippen molar-refractivity contribution in [2.24, 2.45) is 0 Å². The molecule has 140 valence electrons. The first-order valence-corrected chi connectivity index (χ1v) is 7.30. The number of ether oxygens (including phenoxy) is 5. The average molecular weight is 360 g/mol. The van der Waals surface area contributed by atoms with E-state index < -0.39 is 54.6 Å². The number of aliphatic hydroxyl groups excluding tert-OH is 1. The zero-order chi connectivity index (χ0) is 19.1. The molecule has 0 amide bonds. The molecule has 1 rings (SSSR count). The summed E-state index contributed by atoms with van der Waals surface area (Å²) >= 11 is 0. The van der Waals surface area contributed by atoms with E-state index in [-0.39, 0.29) is 6.61 Å². The third kappa shape index (κ3) is 5.84. The molecule has 1 N–H and O–H groups in total. The Bertz CT molecular complexity index is 542. The van der Waals surface area contributed by atoms with Gasteiger partial charge in [0.05, 0.1) is 0 Å². The molecule has 0 aromatic carbocycles. The molecule has 0 aliphatic carbocycles. The molecule has 0 aromatic heterocycles. The predicted octanol–water partition coefficient (Wildman–Crippen LogP) is -0.772. The maximum absolute atomic E-state index is 12.1. The van der Waals surface area contributed by atoms with Crippen LogP contribution in [0.25, 0.3) is 0 Å². The fourth-order valence-corrected chi connectivity index (χ4v) is 2.20. The molecular weight excluding hydrogens is 340 g/mol. The normalized spacial score (nSPS) is 28.4. The van der Waals surface area contributed by atoms with Crippen LogP contribution >= 0.6 is 0 Å². The second-order valence-electron chi connectivity index (χ2n) is 5.09. The van der Waals surface area contributed by atoms with Gasteiger partial charge in [-0.25, -0.2) is 4.79 Å². The van der Waals surface area contributed by atoms with Crippen LogP contribution in [-0.2, 0) is 42.9 Å². The van der Waals surface area contributed by atoms with Crippen molar-refractivity contribution in [3.63, 3.8) is 0 Å². The first kappa shape index (κ1) is 20.6. The number of hydrogen-bond donors (Lipinski definition) is 1. The Hall–Kier alpha value is -2.46. The Morgan fingerprint density at radius 2 is 1.44 bits per heavy atom. The number of carbonyl (C=O) groups excluding carboxylic acids is 4. The van der Waals surface area contributed by atoms with Crippen molar-refractivity contribution in [1.29, 1.82) is 0 Å². The minimum absolute atomic E-state index is 0.160. The summed E-state index contributed by atoms with van der Waals surface area (Å²) in [5, 5.41) is 10.0. The minimum atomic E-state index is -1.82. The van der Waals surface area contributed by atoms with E-state index in [9.17, 15) is 24.3 Å². The highest BCUT2D eigenvalue weighted by molar-refractivity contribution is 5.77. The van der Waals surface area contributed by atoms with E-state index in [0.717, 1.165) is 20.8 Å². The fraction of sp³-hybridized carbons (Fsp3) is 0.600. The smallest absolute Gasteiger partial charge is 0.339 e. The molecule has 1 aliphatic heterocycles. The number of rotatable bonds is 6.